The lowest BCUT2D eigenvalue weighted by Gasteiger charge is -2.10. The maximum absolute atomic E-state index is 12.2. The van der Waals surface area contributed by atoms with E-state index in [0.29, 0.717) is 21.7 Å². The molecule has 0 spiro atoms. The molecule has 0 radical (unpaired) electrons. The topological polar surface area (TPSA) is 61.9 Å². The molecule has 2 aromatic heterocycles. The minimum Gasteiger partial charge on any atom is -0.351 e. The van der Waals surface area contributed by atoms with Crippen molar-refractivity contribution < 1.29 is 4.79 Å². The van der Waals surface area contributed by atoms with E-state index in [1.807, 2.05) is 12.1 Å². The van der Waals surface area contributed by atoms with Crippen LogP contribution in [0.5, 0.6) is 0 Å². The third-order valence-electron chi connectivity index (χ3n) is 3.00. The number of benzene rings is 1. The highest BCUT2D eigenvalue weighted by atomic mass is 35.5. The van der Waals surface area contributed by atoms with Gasteiger partial charge in [-0.3, -0.25) is 4.79 Å². The number of amides is 1. The molecule has 0 fully saturated rings. The average molecular weight is 275 g/mol. The van der Waals surface area contributed by atoms with Crippen LogP contribution in [-0.4, -0.2) is 39.9 Å². The summed E-state index contributed by atoms with van der Waals surface area (Å²) in [7, 11) is 3.44. The zero-order valence-corrected chi connectivity index (χ0v) is 11.2. The molecule has 1 amide bonds. The molecule has 0 unspecified atom stereocenters. The number of hydrogen-bond acceptors (Lipinski definition) is 3. The Bertz CT molecular complexity index is 794. The molecular formula is C13H11ClN4O. The Balaban J connectivity index is 2.44. The summed E-state index contributed by atoms with van der Waals surface area (Å²) in [6.45, 7) is 0. The fourth-order valence-corrected chi connectivity index (χ4v) is 2.31. The molecular weight excluding hydrogens is 264 g/mol. The van der Waals surface area contributed by atoms with Gasteiger partial charge in [-0.2, -0.15) is 0 Å². The summed E-state index contributed by atoms with van der Waals surface area (Å²) >= 11 is 6.05. The summed E-state index contributed by atoms with van der Waals surface area (Å²) in [6.07, 6.45) is 1.40. The first kappa shape index (κ1) is 11.9. The van der Waals surface area contributed by atoms with Crippen LogP contribution >= 0.6 is 11.6 Å². The molecule has 3 aromatic rings. The lowest BCUT2D eigenvalue weighted by Crippen LogP contribution is -2.21. The number of halogens is 1. The SMILES string of the molecule is CN(C)C(=O)c1cccc2[nH]c3c(Cl)ncnc3c12. The fraction of sp³-hybridized carbons (Fsp3) is 0.154. The third-order valence-corrected chi connectivity index (χ3v) is 3.29. The first-order valence-electron chi connectivity index (χ1n) is 5.72. The number of fused-ring (bicyclic) bond motifs is 3. The van der Waals surface area contributed by atoms with Crippen LogP contribution in [-0.2, 0) is 0 Å². The number of aromatic amines is 1. The van der Waals surface area contributed by atoms with Crippen LogP contribution in [0.4, 0.5) is 0 Å². The Morgan fingerprint density at radius 1 is 1.32 bits per heavy atom. The van der Waals surface area contributed by atoms with Gasteiger partial charge in [0.1, 0.15) is 17.4 Å². The van der Waals surface area contributed by atoms with E-state index in [0.717, 1.165) is 10.9 Å². The Kier molecular flexibility index (Phi) is 2.64. The average Bonchev–Trinajstić information content (AvgIpc) is 2.78. The van der Waals surface area contributed by atoms with E-state index in [4.69, 9.17) is 11.6 Å². The van der Waals surface area contributed by atoms with Crippen LogP contribution in [0.2, 0.25) is 5.15 Å². The quantitative estimate of drug-likeness (QED) is 0.694. The molecule has 1 aromatic carbocycles. The van der Waals surface area contributed by atoms with Crippen molar-refractivity contribution >= 4 is 39.4 Å². The molecule has 6 heteroatoms. The highest BCUT2D eigenvalue weighted by Gasteiger charge is 2.17. The van der Waals surface area contributed by atoms with Crippen molar-refractivity contribution in [3.8, 4) is 0 Å². The van der Waals surface area contributed by atoms with Crippen molar-refractivity contribution in [2.45, 2.75) is 0 Å². The molecule has 0 aliphatic rings. The van der Waals surface area contributed by atoms with Crippen LogP contribution in [0.3, 0.4) is 0 Å². The van der Waals surface area contributed by atoms with E-state index >= 15 is 0 Å². The Morgan fingerprint density at radius 2 is 2.11 bits per heavy atom. The van der Waals surface area contributed by atoms with E-state index in [-0.39, 0.29) is 5.91 Å². The van der Waals surface area contributed by atoms with E-state index in [9.17, 15) is 4.79 Å². The number of aromatic nitrogens is 3. The molecule has 5 nitrogen and oxygen atoms in total. The van der Waals surface area contributed by atoms with Crippen LogP contribution in [0.1, 0.15) is 10.4 Å². The summed E-state index contributed by atoms with van der Waals surface area (Å²) in [5, 5.41) is 1.13. The van der Waals surface area contributed by atoms with Gasteiger partial charge < -0.3 is 9.88 Å². The lowest BCUT2D eigenvalue weighted by molar-refractivity contribution is 0.0829. The zero-order chi connectivity index (χ0) is 13.6. The van der Waals surface area contributed by atoms with Crippen molar-refractivity contribution in [1.82, 2.24) is 19.9 Å². The van der Waals surface area contributed by atoms with Crippen LogP contribution in [0, 0.1) is 0 Å². The van der Waals surface area contributed by atoms with E-state index in [1.54, 1.807) is 20.2 Å². The highest BCUT2D eigenvalue weighted by Crippen LogP contribution is 2.29. The van der Waals surface area contributed by atoms with Gasteiger partial charge in [-0.05, 0) is 12.1 Å². The first-order chi connectivity index (χ1) is 9.09. The molecule has 0 aliphatic carbocycles. The van der Waals surface area contributed by atoms with Gasteiger partial charge in [-0.15, -0.1) is 0 Å². The zero-order valence-electron chi connectivity index (χ0n) is 10.4. The van der Waals surface area contributed by atoms with Gasteiger partial charge in [-0.1, -0.05) is 17.7 Å². The van der Waals surface area contributed by atoms with Crippen LogP contribution in [0.15, 0.2) is 24.5 Å². The molecule has 0 aliphatic heterocycles. The van der Waals surface area contributed by atoms with Gasteiger partial charge in [0.15, 0.2) is 5.15 Å². The van der Waals surface area contributed by atoms with Crippen molar-refractivity contribution in [3.63, 3.8) is 0 Å². The Labute approximate surface area is 114 Å². The van der Waals surface area contributed by atoms with Gasteiger partial charge in [0, 0.05) is 25.0 Å². The van der Waals surface area contributed by atoms with E-state index in [2.05, 4.69) is 15.0 Å². The molecule has 0 saturated heterocycles. The predicted octanol–water partition coefficient (Wildman–Crippen LogP) is 2.47. The Hall–Kier alpha value is -2.14. The molecule has 2 heterocycles. The minimum atomic E-state index is -0.0683. The molecule has 19 heavy (non-hydrogen) atoms. The lowest BCUT2D eigenvalue weighted by atomic mass is 10.1. The molecule has 1 N–H and O–H groups in total. The largest absolute Gasteiger partial charge is 0.351 e. The molecule has 0 atom stereocenters. The van der Waals surface area contributed by atoms with Crippen molar-refractivity contribution in [2.24, 2.45) is 0 Å². The number of carbonyl (C=O) groups is 1. The van der Waals surface area contributed by atoms with Gasteiger partial charge in [-0.25, -0.2) is 9.97 Å². The molecule has 0 saturated carbocycles. The summed E-state index contributed by atoms with van der Waals surface area (Å²) in [5.74, 6) is -0.0683. The highest BCUT2D eigenvalue weighted by molar-refractivity contribution is 6.35. The van der Waals surface area contributed by atoms with Crippen molar-refractivity contribution in [1.29, 1.82) is 0 Å². The molecule has 3 rings (SSSR count). The van der Waals surface area contributed by atoms with Gasteiger partial charge >= 0.3 is 0 Å². The standard InChI is InChI=1S/C13H11ClN4O/c1-18(2)13(19)7-4-3-5-8-9(7)10-11(17-8)12(14)16-6-15-10/h3-6,17H,1-2H3. The van der Waals surface area contributed by atoms with Crippen molar-refractivity contribution in [3.05, 3.63) is 35.2 Å². The fourth-order valence-electron chi connectivity index (χ4n) is 2.13. The maximum atomic E-state index is 12.2. The molecule has 0 bridgehead atoms. The minimum absolute atomic E-state index is 0.0683. The monoisotopic (exact) mass is 274 g/mol. The number of carbonyl (C=O) groups excluding carboxylic acids is 1. The van der Waals surface area contributed by atoms with Gasteiger partial charge in [0.2, 0.25) is 0 Å². The van der Waals surface area contributed by atoms with Crippen molar-refractivity contribution in [2.75, 3.05) is 14.1 Å². The normalized spacial score (nSPS) is 11.1. The number of nitrogens with zero attached hydrogens (tertiary/aromatic N) is 3. The summed E-state index contributed by atoms with van der Waals surface area (Å²) in [5.41, 5.74) is 2.74. The van der Waals surface area contributed by atoms with Gasteiger partial charge in [0.05, 0.1) is 5.56 Å². The summed E-state index contributed by atoms with van der Waals surface area (Å²) < 4.78 is 0. The predicted molar refractivity (Wildman–Crippen MR) is 74.4 cm³/mol. The number of rotatable bonds is 1. The summed E-state index contributed by atoms with van der Waals surface area (Å²) in [6, 6.07) is 5.50. The van der Waals surface area contributed by atoms with E-state index < -0.39 is 0 Å². The number of nitrogens with one attached hydrogen (secondary N) is 1. The van der Waals surface area contributed by atoms with Crippen LogP contribution < -0.4 is 0 Å². The van der Waals surface area contributed by atoms with Gasteiger partial charge in [0.25, 0.3) is 5.91 Å². The smallest absolute Gasteiger partial charge is 0.254 e. The Morgan fingerprint density at radius 3 is 2.84 bits per heavy atom. The first-order valence-corrected chi connectivity index (χ1v) is 6.10. The second kappa shape index (κ2) is 4.20. The van der Waals surface area contributed by atoms with E-state index in [1.165, 1.54) is 11.2 Å². The molecule has 96 valence electrons. The number of H-pyrrole nitrogens is 1. The second-order valence-electron chi connectivity index (χ2n) is 4.44. The maximum Gasteiger partial charge on any atom is 0.254 e. The number of hydrogen-bond donors (Lipinski definition) is 1. The third kappa shape index (κ3) is 1.74. The summed E-state index contributed by atoms with van der Waals surface area (Å²) in [4.78, 5) is 25.1. The van der Waals surface area contributed by atoms with Crippen LogP contribution in [0.25, 0.3) is 21.9 Å². The second-order valence-corrected chi connectivity index (χ2v) is 4.80.